The summed E-state index contributed by atoms with van der Waals surface area (Å²) in [6.45, 7) is 3.80. The largest absolute Gasteiger partial charge is 0.481 e. The van der Waals surface area contributed by atoms with Gasteiger partial charge < -0.3 is 5.11 Å². The highest BCUT2D eigenvalue weighted by molar-refractivity contribution is 5.69. The molecule has 11 heavy (non-hydrogen) atoms. The van der Waals surface area contributed by atoms with Crippen molar-refractivity contribution in [2.24, 2.45) is 5.92 Å². The second-order valence-electron chi connectivity index (χ2n) is 2.70. The van der Waals surface area contributed by atoms with Gasteiger partial charge in [0.2, 0.25) is 0 Å². The maximum atomic E-state index is 10.3. The second-order valence-corrected chi connectivity index (χ2v) is 2.70. The topological polar surface area (TPSA) is 37.3 Å². The molecule has 0 spiro atoms. The lowest BCUT2D eigenvalue weighted by atomic mass is 10.1. The molecule has 0 amide bonds. The fourth-order valence-corrected chi connectivity index (χ4v) is 0.754. The number of carbonyl (C=O) groups is 1. The Hall–Kier alpha value is -0.790. The molecule has 64 valence electrons. The maximum absolute atomic E-state index is 10.3. The molecule has 0 aliphatic rings. The van der Waals surface area contributed by atoms with E-state index in [2.05, 4.69) is 13.0 Å². The number of carboxylic acid groups (broad SMARTS) is 1. The molecule has 2 nitrogen and oxygen atoms in total. The van der Waals surface area contributed by atoms with Gasteiger partial charge >= 0.3 is 5.97 Å². The Bertz CT molecular complexity index is 138. The van der Waals surface area contributed by atoms with Crippen LogP contribution in [0.5, 0.6) is 0 Å². The number of hydrogen-bond acceptors (Lipinski definition) is 1. The Kier molecular flexibility index (Phi) is 5.53. The molecule has 1 N–H and O–H groups in total. The molecule has 0 radical (unpaired) electrons. The van der Waals surface area contributed by atoms with Crippen molar-refractivity contribution in [3.63, 3.8) is 0 Å². The van der Waals surface area contributed by atoms with Crippen LogP contribution in [0.15, 0.2) is 12.2 Å². The molecule has 0 aromatic carbocycles. The standard InChI is InChI=1S/C9H16O2/c1-3-4-5-6-7-8(2)9(10)11/h4-5,8H,3,6-7H2,1-2H3,(H,10,11). The lowest BCUT2D eigenvalue weighted by molar-refractivity contribution is -0.141. The normalized spacial score (nSPS) is 13.6. The van der Waals surface area contributed by atoms with Gasteiger partial charge in [0.1, 0.15) is 0 Å². The van der Waals surface area contributed by atoms with Gasteiger partial charge in [0.25, 0.3) is 0 Å². The van der Waals surface area contributed by atoms with E-state index in [-0.39, 0.29) is 5.92 Å². The van der Waals surface area contributed by atoms with E-state index in [1.165, 1.54) is 0 Å². The Morgan fingerprint density at radius 3 is 2.64 bits per heavy atom. The molecule has 2 heteroatoms. The Morgan fingerprint density at radius 2 is 2.18 bits per heavy atom. The van der Waals surface area contributed by atoms with Gasteiger partial charge in [-0.15, -0.1) is 0 Å². The van der Waals surface area contributed by atoms with E-state index in [4.69, 9.17) is 5.11 Å². The first-order valence-corrected chi connectivity index (χ1v) is 4.06. The number of carboxylic acids is 1. The summed E-state index contributed by atoms with van der Waals surface area (Å²) in [5.41, 5.74) is 0. The molecule has 1 unspecified atom stereocenters. The zero-order valence-electron chi connectivity index (χ0n) is 7.21. The Labute approximate surface area is 67.9 Å². The van der Waals surface area contributed by atoms with Crippen LogP contribution in [0.25, 0.3) is 0 Å². The van der Waals surface area contributed by atoms with Crippen molar-refractivity contribution >= 4 is 5.97 Å². The van der Waals surface area contributed by atoms with Crippen LogP contribution < -0.4 is 0 Å². The van der Waals surface area contributed by atoms with E-state index < -0.39 is 5.97 Å². The summed E-state index contributed by atoms with van der Waals surface area (Å²) in [5, 5.41) is 8.51. The summed E-state index contributed by atoms with van der Waals surface area (Å²) in [6.07, 6.45) is 6.75. The summed E-state index contributed by atoms with van der Waals surface area (Å²) in [4.78, 5) is 10.3. The lowest BCUT2D eigenvalue weighted by Crippen LogP contribution is -2.08. The van der Waals surface area contributed by atoms with E-state index in [9.17, 15) is 4.79 Å². The smallest absolute Gasteiger partial charge is 0.306 e. The van der Waals surface area contributed by atoms with Gasteiger partial charge in [-0.25, -0.2) is 0 Å². The monoisotopic (exact) mass is 156 g/mol. The van der Waals surface area contributed by atoms with Crippen molar-refractivity contribution in [1.82, 2.24) is 0 Å². The van der Waals surface area contributed by atoms with Crippen molar-refractivity contribution < 1.29 is 9.90 Å². The average Bonchev–Trinajstić information content (AvgIpc) is 1.97. The van der Waals surface area contributed by atoms with Crippen LogP contribution in [0, 0.1) is 5.92 Å². The van der Waals surface area contributed by atoms with Crippen LogP contribution >= 0.6 is 0 Å². The van der Waals surface area contributed by atoms with E-state index >= 15 is 0 Å². The van der Waals surface area contributed by atoms with Crippen molar-refractivity contribution in [3.8, 4) is 0 Å². The van der Waals surface area contributed by atoms with Gasteiger partial charge in [-0.3, -0.25) is 4.79 Å². The minimum atomic E-state index is -0.699. The predicted octanol–water partition coefficient (Wildman–Crippen LogP) is 2.45. The Balaban J connectivity index is 3.38. The van der Waals surface area contributed by atoms with Crippen molar-refractivity contribution in [3.05, 3.63) is 12.2 Å². The van der Waals surface area contributed by atoms with E-state index in [0.717, 1.165) is 19.3 Å². The predicted molar refractivity (Wildman–Crippen MR) is 45.5 cm³/mol. The first-order chi connectivity index (χ1) is 5.18. The van der Waals surface area contributed by atoms with Gasteiger partial charge in [-0.1, -0.05) is 26.0 Å². The van der Waals surface area contributed by atoms with Crippen molar-refractivity contribution in [2.45, 2.75) is 33.1 Å². The summed E-state index contributed by atoms with van der Waals surface area (Å²) in [6, 6.07) is 0. The fourth-order valence-electron chi connectivity index (χ4n) is 0.754. The second kappa shape index (κ2) is 5.96. The van der Waals surface area contributed by atoms with Gasteiger partial charge in [-0.05, 0) is 19.3 Å². The minimum absolute atomic E-state index is 0.212. The third kappa shape index (κ3) is 5.64. The highest BCUT2D eigenvalue weighted by Gasteiger charge is 2.07. The zero-order valence-corrected chi connectivity index (χ0v) is 7.21. The average molecular weight is 156 g/mol. The summed E-state index contributed by atoms with van der Waals surface area (Å²) in [5.74, 6) is -0.911. The van der Waals surface area contributed by atoms with Crippen LogP contribution in [-0.2, 0) is 4.79 Å². The molecule has 0 aromatic rings. The molecule has 0 fully saturated rings. The first kappa shape index (κ1) is 10.2. The van der Waals surface area contributed by atoms with E-state index in [1.54, 1.807) is 6.92 Å². The highest BCUT2D eigenvalue weighted by Crippen LogP contribution is 2.05. The van der Waals surface area contributed by atoms with Crippen LogP contribution in [0.2, 0.25) is 0 Å². The highest BCUT2D eigenvalue weighted by atomic mass is 16.4. The summed E-state index contributed by atoms with van der Waals surface area (Å²) in [7, 11) is 0. The molecule has 0 heterocycles. The molecule has 1 atom stereocenters. The molecule has 0 saturated carbocycles. The SMILES string of the molecule is CCC=CCCC(C)C(=O)O. The molecule has 0 saturated heterocycles. The van der Waals surface area contributed by atoms with Crippen LogP contribution in [0.3, 0.4) is 0 Å². The number of hydrogen-bond donors (Lipinski definition) is 1. The molecular weight excluding hydrogens is 140 g/mol. The van der Waals surface area contributed by atoms with Crippen molar-refractivity contribution in [2.75, 3.05) is 0 Å². The van der Waals surface area contributed by atoms with Crippen LogP contribution in [0.4, 0.5) is 0 Å². The number of rotatable bonds is 5. The van der Waals surface area contributed by atoms with E-state index in [1.807, 2.05) is 6.08 Å². The molecule has 0 aromatic heterocycles. The van der Waals surface area contributed by atoms with Crippen LogP contribution in [0.1, 0.15) is 33.1 Å². The maximum Gasteiger partial charge on any atom is 0.306 e. The van der Waals surface area contributed by atoms with E-state index in [0.29, 0.717) is 0 Å². The number of allylic oxidation sites excluding steroid dienone is 2. The summed E-state index contributed by atoms with van der Waals surface area (Å²) >= 11 is 0. The van der Waals surface area contributed by atoms with Gasteiger partial charge in [0.15, 0.2) is 0 Å². The van der Waals surface area contributed by atoms with Gasteiger partial charge in [0, 0.05) is 0 Å². The molecule has 0 bridgehead atoms. The quantitative estimate of drug-likeness (QED) is 0.621. The molecular formula is C9H16O2. The third-order valence-electron chi connectivity index (χ3n) is 1.59. The fraction of sp³-hybridized carbons (Fsp3) is 0.667. The molecule has 0 aliphatic heterocycles. The molecule has 0 aliphatic carbocycles. The third-order valence-corrected chi connectivity index (χ3v) is 1.59. The number of aliphatic carboxylic acids is 1. The van der Waals surface area contributed by atoms with Gasteiger partial charge in [0.05, 0.1) is 5.92 Å². The van der Waals surface area contributed by atoms with Crippen molar-refractivity contribution in [1.29, 1.82) is 0 Å². The van der Waals surface area contributed by atoms with Crippen LogP contribution in [-0.4, -0.2) is 11.1 Å². The van der Waals surface area contributed by atoms with Gasteiger partial charge in [-0.2, -0.15) is 0 Å². The zero-order chi connectivity index (χ0) is 8.69. The Morgan fingerprint density at radius 1 is 1.55 bits per heavy atom. The summed E-state index contributed by atoms with van der Waals surface area (Å²) < 4.78 is 0. The lowest BCUT2D eigenvalue weighted by Gasteiger charge is -2.01. The minimum Gasteiger partial charge on any atom is -0.481 e. The first-order valence-electron chi connectivity index (χ1n) is 4.06. The molecule has 0 rings (SSSR count).